The van der Waals surface area contributed by atoms with E-state index in [0.717, 1.165) is 25.2 Å². The molecule has 1 aromatic carbocycles. The van der Waals surface area contributed by atoms with Gasteiger partial charge in [-0.25, -0.2) is 9.82 Å². The van der Waals surface area contributed by atoms with Crippen molar-refractivity contribution in [3.63, 3.8) is 0 Å². The van der Waals surface area contributed by atoms with E-state index >= 15 is 0 Å². The smallest absolute Gasteiger partial charge is 0.123 e. The van der Waals surface area contributed by atoms with Crippen LogP contribution in [0.2, 0.25) is 0 Å². The van der Waals surface area contributed by atoms with Gasteiger partial charge < -0.3 is 0 Å². The number of benzene rings is 1. The third kappa shape index (κ3) is 3.73. The van der Waals surface area contributed by atoms with Crippen LogP contribution in [0.5, 0.6) is 0 Å². The van der Waals surface area contributed by atoms with Crippen molar-refractivity contribution in [1.29, 1.82) is 0 Å². The number of pyridine rings is 1. The Hall–Kier alpha value is -1.82. The zero-order valence-electron chi connectivity index (χ0n) is 14.4. The summed E-state index contributed by atoms with van der Waals surface area (Å²) in [6.07, 6.45) is 7.53. The van der Waals surface area contributed by atoms with Gasteiger partial charge in [-0.2, -0.15) is 0 Å². The fourth-order valence-electron chi connectivity index (χ4n) is 4.22. The highest BCUT2D eigenvalue weighted by molar-refractivity contribution is 5.22. The molecule has 2 aliphatic rings. The van der Waals surface area contributed by atoms with Crippen molar-refractivity contribution in [3.8, 4) is 0 Å². The van der Waals surface area contributed by atoms with Crippen molar-refractivity contribution in [2.45, 2.75) is 31.3 Å². The molecule has 2 fully saturated rings. The van der Waals surface area contributed by atoms with E-state index in [0.29, 0.717) is 12.0 Å². The molecular weight excluding hydrogens is 315 g/mol. The third-order valence-corrected chi connectivity index (χ3v) is 5.45. The van der Waals surface area contributed by atoms with E-state index in [-0.39, 0.29) is 11.9 Å². The minimum Gasteiger partial charge on any atom is -0.296 e. The molecule has 3 atom stereocenters. The van der Waals surface area contributed by atoms with Crippen LogP contribution in [0.15, 0.2) is 48.8 Å². The molecule has 2 saturated heterocycles. The summed E-state index contributed by atoms with van der Waals surface area (Å²) >= 11 is 0. The van der Waals surface area contributed by atoms with Crippen LogP contribution in [0.1, 0.15) is 42.5 Å². The van der Waals surface area contributed by atoms with E-state index in [9.17, 15) is 4.39 Å². The molecule has 132 valence electrons. The first kappa shape index (κ1) is 16.6. The molecule has 0 amide bonds. The van der Waals surface area contributed by atoms with Crippen molar-refractivity contribution < 1.29 is 4.39 Å². The minimum atomic E-state index is -0.170. The van der Waals surface area contributed by atoms with Crippen molar-refractivity contribution in [2.75, 3.05) is 19.6 Å². The maximum atomic E-state index is 13.6. The zero-order valence-corrected chi connectivity index (χ0v) is 14.4. The molecule has 2 aliphatic heterocycles. The molecule has 25 heavy (non-hydrogen) atoms. The molecular formula is C20H25FN4. The van der Waals surface area contributed by atoms with Crippen molar-refractivity contribution in [1.82, 2.24) is 20.7 Å². The van der Waals surface area contributed by atoms with Crippen LogP contribution in [0, 0.1) is 11.7 Å². The monoisotopic (exact) mass is 340 g/mol. The van der Waals surface area contributed by atoms with E-state index in [1.165, 1.54) is 30.9 Å². The lowest BCUT2D eigenvalue weighted by molar-refractivity contribution is 0.123. The predicted molar refractivity (Wildman–Crippen MR) is 96.2 cm³/mol. The topological polar surface area (TPSA) is 40.2 Å². The Kier molecular flexibility index (Phi) is 5.06. The molecule has 5 heteroatoms. The van der Waals surface area contributed by atoms with E-state index in [1.807, 2.05) is 24.5 Å². The SMILES string of the molecule is Fc1cccc(C2NNCC2CN2CCCCC2c2cccnc2)c1. The summed E-state index contributed by atoms with van der Waals surface area (Å²) in [6, 6.07) is 11.7. The molecule has 3 heterocycles. The minimum absolute atomic E-state index is 0.146. The highest BCUT2D eigenvalue weighted by Gasteiger charge is 2.33. The quantitative estimate of drug-likeness (QED) is 0.897. The predicted octanol–water partition coefficient (Wildman–Crippen LogP) is 3.21. The van der Waals surface area contributed by atoms with Gasteiger partial charge in [-0.05, 0) is 48.7 Å². The maximum Gasteiger partial charge on any atom is 0.123 e. The Morgan fingerprint density at radius 2 is 2.08 bits per heavy atom. The Balaban J connectivity index is 1.51. The van der Waals surface area contributed by atoms with Gasteiger partial charge in [0, 0.05) is 37.4 Å². The average Bonchev–Trinajstić information content (AvgIpc) is 3.11. The Labute approximate surface area is 148 Å². The van der Waals surface area contributed by atoms with Crippen LogP contribution in [-0.2, 0) is 0 Å². The van der Waals surface area contributed by atoms with E-state index in [4.69, 9.17) is 0 Å². The molecule has 2 aromatic rings. The summed E-state index contributed by atoms with van der Waals surface area (Å²) < 4.78 is 13.6. The molecule has 4 nitrogen and oxygen atoms in total. The van der Waals surface area contributed by atoms with Gasteiger partial charge in [-0.15, -0.1) is 0 Å². The van der Waals surface area contributed by atoms with E-state index in [1.54, 1.807) is 12.1 Å². The molecule has 2 N–H and O–H groups in total. The number of halogens is 1. The zero-order chi connectivity index (χ0) is 17.1. The van der Waals surface area contributed by atoms with Crippen LogP contribution in [0.25, 0.3) is 0 Å². The number of hydrazine groups is 1. The fraction of sp³-hybridized carbons (Fsp3) is 0.450. The number of likely N-dealkylation sites (tertiary alicyclic amines) is 1. The molecule has 1 aromatic heterocycles. The second-order valence-electron chi connectivity index (χ2n) is 7.11. The Morgan fingerprint density at radius 3 is 2.92 bits per heavy atom. The summed E-state index contributed by atoms with van der Waals surface area (Å²) in [7, 11) is 0. The van der Waals surface area contributed by atoms with Crippen LogP contribution in [0.4, 0.5) is 4.39 Å². The number of nitrogens with zero attached hydrogens (tertiary/aromatic N) is 2. The second-order valence-corrected chi connectivity index (χ2v) is 7.11. The summed E-state index contributed by atoms with van der Waals surface area (Å²) in [4.78, 5) is 6.89. The van der Waals surface area contributed by atoms with Gasteiger partial charge in [0.1, 0.15) is 5.82 Å². The lowest BCUT2D eigenvalue weighted by Crippen LogP contribution is -2.39. The third-order valence-electron chi connectivity index (χ3n) is 5.45. The lowest BCUT2D eigenvalue weighted by Gasteiger charge is -2.38. The van der Waals surface area contributed by atoms with Crippen LogP contribution in [0.3, 0.4) is 0 Å². The van der Waals surface area contributed by atoms with Gasteiger partial charge >= 0.3 is 0 Å². The van der Waals surface area contributed by atoms with Crippen LogP contribution < -0.4 is 10.9 Å². The van der Waals surface area contributed by atoms with Crippen molar-refractivity contribution >= 4 is 0 Å². The second kappa shape index (κ2) is 7.60. The highest BCUT2D eigenvalue weighted by atomic mass is 19.1. The van der Waals surface area contributed by atoms with Gasteiger partial charge in [0.05, 0.1) is 6.04 Å². The molecule has 0 radical (unpaired) electrons. The molecule has 0 bridgehead atoms. The van der Waals surface area contributed by atoms with Gasteiger partial charge in [0.2, 0.25) is 0 Å². The standard InChI is InChI=1S/C20H25FN4/c21-18-7-3-5-15(11-18)20-17(13-23-24-20)14-25-10-2-1-8-19(25)16-6-4-9-22-12-16/h3-7,9,11-12,17,19-20,23-24H,1-2,8,10,13-14H2. The van der Waals surface area contributed by atoms with E-state index in [2.05, 4.69) is 26.8 Å². The molecule has 3 unspecified atom stereocenters. The summed E-state index contributed by atoms with van der Waals surface area (Å²) in [6.45, 7) is 3.02. The molecule has 0 aliphatic carbocycles. The first-order valence-corrected chi connectivity index (χ1v) is 9.19. The number of piperidine rings is 1. The molecule has 0 saturated carbocycles. The normalized spacial score (nSPS) is 27.5. The van der Waals surface area contributed by atoms with Crippen molar-refractivity contribution in [2.24, 2.45) is 5.92 Å². The lowest BCUT2D eigenvalue weighted by atomic mass is 9.91. The van der Waals surface area contributed by atoms with Gasteiger partial charge in [-0.1, -0.05) is 24.6 Å². The van der Waals surface area contributed by atoms with Gasteiger partial charge in [0.15, 0.2) is 0 Å². The number of hydrogen-bond acceptors (Lipinski definition) is 4. The van der Waals surface area contributed by atoms with Gasteiger partial charge in [0.25, 0.3) is 0 Å². The number of hydrogen-bond donors (Lipinski definition) is 2. The van der Waals surface area contributed by atoms with Crippen molar-refractivity contribution in [3.05, 3.63) is 65.7 Å². The number of rotatable bonds is 4. The fourth-order valence-corrected chi connectivity index (χ4v) is 4.22. The largest absolute Gasteiger partial charge is 0.296 e. The average molecular weight is 340 g/mol. The first-order valence-electron chi connectivity index (χ1n) is 9.19. The Bertz CT molecular complexity index is 693. The molecule has 0 spiro atoms. The van der Waals surface area contributed by atoms with Crippen LogP contribution in [-0.4, -0.2) is 29.5 Å². The van der Waals surface area contributed by atoms with Gasteiger partial charge in [-0.3, -0.25) is 15.3 Å². The van der Waals surface area contributed by atoms with Crippen LogP contribution >= 0.6 is 0 Å². The highest BCUT2D eigenvalue weighted by Crippen LogP contribution is 2.34. The molecule has 4 rings (SSSR count). The Morgan fingerprint density at radius 1 is 1.16 bits per heavy atom. The number of aromatic nitrogens is 1. The summed E-state index contributed by atoms with van der Waals surface area (Å²) in [5.74, 6) is 0.246. The number of nitrogens with one attached hydrogen (secondary N) is 2. The maximum absolute atomic E-state index is 13.6. The van der Waals surface area contributed by atoms with E-state index < -0.39 is 0 Å². The first-order chi connectivity index (χ1) is 12.3. The summed E-state index contributed by atoms with van der Waals surface area (Å²) in [5.41, 5.74) is 8.94. The summed E-state index contributed by atoms with van der Waals surface area (Å²) in [5, 5.41) is 0.